The largest absolute Gasteiger partial charge is 0.175 e. The van der Waals surface area contributed by atoms with Gasteiger partial charge in [-0.1, -0.05) is 0 Å². The molecule has 0 aliphatic carbocycles. The van der Waals surface area contributed by atoms with Crippen molar-refractivity contribution in [3.05, 3.63) is 0 Å². The van der Waals surface area contributed by atoms with E-state index in [1.807, 2.05) is 0 Å². The summed E-state index contributed by atoms with van der Waals surface area (Å²) in [5.41, 5.74) is 0. The van der Waals surface area contributed by atoms with Crippen LogP contribution in [0.25, 0.3) is 0 Å². The predicted octanol–water partition coefficient (Wildman–Crippen LogP) is -1.10. The van der Waals surface area contributed by atoms with Crippen LogP contribution in [-0.2, 0) is 6.67 Å². The lowest BCUT2D eigenvalue weighted by Crippen LogP contribution is -1.96. The van der Waals surface area contributed by atoms with E-state index in [1.54, 1.807) is 9.59 Å². The lowest BCUT2D eigenvalue weighted by Gasteiger charge is -1.72. The molecule has 0 spiro atoms. The van der Waals surface area contributed by atoms with Crippen LogP contribution in [0.1, 0.15) is 0 Å². The van der Waals surface area contributed by atoms with Crippen molar-refractivity contribution >= 4 is 0 Å². The predicted molar refractivity (Wildman–Crippen MR) is 13.4 cm³/mol. The number of aromatic nitrogens is 4. The van der Waals surface area contributed by atoms with Gasteiger partial charge in [0.15, 0.2) is 6.67 Å². The van der Waals surface area contributed by atoms with E-state index in [2.05, 4.69) is 10.4 Å². The lowest BCUT2D eigenvalue weighted by atomic mass is 11.4. The van der Waals surface area contributed by atoms with Crippen LogP contribution in [0.3, 0.4) is 0 Å². The zero-order valence-corrected chi connectivity index (χ0v) is 2.50. The molecule has 0 saturated carbocycles. The minimum absolute atomic E-state index is 0.917. The van der Waals surface area contributed by atoms with Gasteiger partial charge in [0.1, 0.15) is 0 Å². The van der Waals surface area contributed by atoms with E-state index in [4.69, 9.17) is 0 Å². The van der Waals surface area contributed by atoms with E-state index >= 15 is 0 Å². The van der Waals surface area contributed by atoms with Crippen molar-refractivity contribution in [1.29, 1.82) is 0 Å². The topological polar surface area (TPSA) is 35.6 Å². The molecular formula is CH2N4. The Kier molecular flexibility index (Phi) is 0.0733. The minimum Gasteiger partial charge on any atom is -0.142 e. The summed E-state index contributed by atoms with van der Waals surface area (Å²) in [5, 5.41) is 7.06. The normalized spacial score (nSPS) is 15.2. The molecule has 0 saturated heterocycles. The second kappa shape index (κ2) is 0.230. The maximum atomic E-state index is 3.53. The van der Waals surface area contributed by atoms with Gasteiger partial charge in [0.25, 0.3) is 0 Å². The first-order chi connectivity index (χ1) is 2.47. The van der Waals surface area contributed by atoms with Gasteiger partial charge in [-0.3, -0.25) is 0 Å². The zero-order valence-electron chi connectivity index (χ0n) is 2.50. The zero-order chi connectivity index (χ0) is 3.28. The van der Waals surface area contributed by atoms with Crippen LogP contribution in [0.4, 0.5) is 0 Å². The van der Waals surface area contributed by atoms with E-state index in [1.165, 1.54) is 0 Å². The molecular weight excluding hydrogens is 68.0 g/mol. The summed E-state index contributed by atoms with van der Waals surface area (Å²) in [7, 11) is 0. The number of hydrogen-bond donors (Lipinski definition) is 0. The first kappa shape index (κ1) is 1.59. The summed E-state index contributed by atoms with van der Waals surface area (Å²) in [6, 6.07) is 0. The Labute approximate surface area is 27.9 Å². The molecule has 0 aromatic carbocycles. The molecule has 26 valence electrons. The Hall–Kier alpha value is -0.800. The first-order valence-corrected chi connectivity index (χ1v) is 1.43. The fraction of sp³-hybridized carbons (Fsp3) is 1.00. The monoisotopic (exact) mass is 70.0 g/mol. The molecule has 2 rings (SSSR count). The Morgan fingerprint density at radius 2 is 1.80 bits per heavy atom. The van der Waals surface area contributed by atoms with Gasteiger partial charge in [0.05, 0.1) is 0 Å². The molecule has 0 N–H and O–H groups in total. The van der Waals surface area contributed by atoms with Crippen molar-refractivity contribution < 1.29 is 0 Å². The van der Waals surface area contributed by atoms with Crippen LogP contribution >= 0.6 is 0 Å². The van der Waals surface area contributed by atoms with Gasteiger partial charge in [-0.15, -0.1) is 9.59 Å². The molecule has 2 heterocycles. The van der Waals surface area contributed by atoms with Gasteiger partial charge in [-0.2, -0.15) is 0 Å². The van der Waals surface area contributed by atoms with Gasteiger partial charge in [0, 0.05) is 0 Å². The molecule has 0 atom stereocenters. The molecule has 1 aliphatic rings. The van der Waals surface area contributed by atoms with Gasteiger partial charge in [-0.05, 0) is 10.4 Å². The van der Waals surface area contributed by atoms with Crippen LogP contribution in [-0.4, -0.2) is 20.0 Å². The molecule has 1 aliphatic heterocycles. The fourth-order valence-corrected chi connectivity index (χ4v) is 0.295. The average molecular weight is 70.1 g/mol. The van der Waals surface area contributed by atoms with E-state index in [9.17, 15) is 0 Å². The second-order valence-electron chi connectivity index (χ2n) is 1.06. The van der Waals surface area contributed by atoms with Crippen molar-refractivity contribution in [3.8, 4) is 0 Å². The molecule has 4 nitrogen and oxygen atoms in total. The highest BCUT2D eigenvalue weighted by atomic mass is 15.9. The van der Waals surface area contributed by atoms with Gasteiger partial charge >= 0.3 is 0 Å². The van der Waals surface area contributed by atoms with Gasteiger partial charge < -0.3 is 0 Å². The van der Waals surface area contributed by atoms with Crippen LogP contribution in [0.15, 0.2) is 0 Å². The Bertz CT molecular complexity index is 120. The van der Waals surface area contributed by atoms with Crippen LogP contribution < -0.4 is 0 Å². The summed E-state index contributed by atoms with van der Waals surface area (Å²) >= 11 is 0. The molecule has 5 heavy (non-hydrogen) atoms. The molecule has 4 heteroatoms. The summed E-state index contributed by atoms with van der Waals surface area (Å²) in [5.74, 6) is 0. The van der Waals surface area contributed by atoms with Crippen molar-refractivity contribution in [2.24, 2.45) is 0 Å². The fourth-order valence-electron chi connectivity index (χ4n) is 0.295. The van der Waals surface area contributed by atoms with E-state index in [-0.39, 0.29) is 0 Å². The Morgan fingerprint density at radius 3 is 1.80 bits per heavy atom. The lowest BCUT2D eigenvalue weighted by molar-refractivity contribution is 0.570. The highest BCUT2D eigenvalue weighted by Gasteiger charge is 2.17. The third-order valence-electron chi connectivity index (χ3n) is 0.681. The molecule has 0 fully saturated rings. The van der Waals surface area contributed by atoms with Crippen molar-refractivity contribution in [1.82, 2.24) is 20.0 Å². The molecule has 0 amide bonds. The number of rotatable bonds is 0. The van der Waals surface area contributed by atoms with E-state index in [0.29, 0.717) is 0 Å². The highest BCUT2D eigenvalue weighted by Crippen LogP contribution is 1.95. The molecule has 0 unspecified atom stereocenters. The summed E-state index contributed by atoms with van der Waals surface area (Å²) < 4.78 is 0. The standard InChI is InChI=1S/CH2N4/c1-4-2-3-5(1)4/h1H2. The van der Waals surface area contributed by atoms with E-state index in [0.717, 1.165) is 6.67 Å². The maximum absolute atomic E-state index is 3.53. The summed E-state index contributed by atoms with van der Waals surface area (Å²) in [6.07, 6.45) is 0. The van der Waals surface area contributed by atoms with Gasteiger partial charge in [-0.25, -0.2) is 0 Å². The highest BCUT2D eigenvalue weighted by molar-refractivity contribution is 4.48. The maximum Gasteiger partial charge on any atom is 0.175 e. The number of nitrogens with zero attached hydrogens (tertiary/aromatic N) is 4. The summed E-state index contributed by atoms with van der Waals surface area (Å²) in [6.45, 7) is 0.917. The Morgan fingerprint density at radius 1 is 1.20 bits per heavy atom. The molecule has 0 radical (unpaired) electrons. The Balaban J connectivity index is 2.92. The third-order valence-corrected chi connectivity index (χ3v) is 0.681. The molecule has 1 aromatic heterocycles. The molecule has 1 aromatic rings. The quantitative estimate of drug-likeness (QED) is 0.394. The van der Waals surface area contributed by atoms with Crippen molar-refractivity contribution in [2.75, 3.05) is 0 Å². The third kappa shape index (κ3) is 0.0443. The van der Waals surface area contributed by atoms with Crippen LogP contribution in [0.5, 0.6) is 0 Å². The second-order valence-corrected chi connectivity index (χ2v) is 1.06. The number of hydrogen-bond acceptors (Lipinski definition) is 2. The van der Waals surface area contributed by atoms with Crippen molar-refractivity contribution in [3.63, 3.8) is 0 Å². The smallest absolute Gasteiger partial charge is 0.142 e. The van der Waals surface area contributed by atoms with E-state index < -0.39 is 0 Å². The number of fused-ring (bicyclic) bond motifs is 1. The van der Waals surface area contributed by atoms with Crippen LogP contribution in [0, 0.1) is 0 Å². The minimum atomic E-state index is 0.917. The average Bonchev–Trinajstić information content (AvgIpc) is 1.74. The van der Waals surface area contributed by atoms with Crippen LogP contribution in [0.2, 0.25) is 0 Å². The van der Waals surface area contributed by atoms with Gasteiger partial charge in [0.2, 0.25) is 0 Å². The summed E-state index contributed by atoms with van der Waals surface area (Å²) in [4.78, 5) is 3.53. The molecule has 0 bridgehead atoms. The first-order valence-electron chi connectivity index (χ1n) is 1.43. The van der Waals surface area contributed by atoms with Crippen molar-refractivity contribution in [2.45, 2.75) is 6.67 Å². The SMILES string of the molecule is C1n2nnn21.